The van der Waals surface area contributed by atoms with E-state index in [-0.39, 0.29) is 25.5 Å². The lowest BCUT2D eigenvalue weighted by Crippen LogP contribution is -2.56. The first-order valence-electron chi connectivity index (χ1n) is 12.9. The highest BCUT2D eigenvalue weighted by Gasteiger charge is 2.51. The minimum atomic E-state index is -1.13. The molecule has 200 valence electrons. The van der Waals surface area contributed by atoms with Gasteiger partial charge in [-0.25, -0.2) is 0 Å². The standard InChI is InChI=1S/C29H32N2O7/c1-37-23-12-19(16-33)11-20-25-21(29(36)30-9-10-32)14-22(26(35)28(25)38-27(20)23)31(15-18-7-8-18)24(34)13-17-5-3-2-4-6-17/h2-6,11-12,14,16,18,22,25-26,28,32,35H,7-10,13,15H2,1H3,(H,30,36). The maximum atomic E-state index is 13.6. The summed E-state index contributed by atoms with van der Waals surface area (Å²) in [4.78, 5) is 40.3. The molecule has 1 aliphatic heterocycles. The van der Waals surface area contributed by atoms with Crippen molar-refractivity contribution in [3.05, 3.63) is 70.8 Å². The minimum Gasteiger partial charge on any atom is -0.493 e. The highest BCUT2D eigenvalue weighted by molar-refractivity contribution is 5.96. The Kier molecular flexibility index (Phi) is 7.49. The van der Waals surface area contributed by atoms with Crippen LogP contribution in [0.5, 0.6) is 11.5 Å². The van der Waals surface area contributed by atoms with E-state index in [0.717, 1.165) is 18.4 Å². The first kappa shape index (κ1) is 25.9. The number of ether oxygens (including phenoxy) is 2. The van der Waals surface area contributed by atoms with E-state index < -0.39 is 30.1 Å². The van der Waals surface area contributed by atoms with Crippen LogP contribution in [0.3, 0.4) is 0 Å². The molecule has 0 bridgehead atoms. The molecule has 0 radical (unpaired) electrons. The van der Waals surface area contributed by atoms with Crippen LogP contribution in [0.4, 0.5) is 0 Å². The number of hydrogen-bond donors (Lipinski definition) is 3. The van der Waals surface area contributed by atoms with Crippen LogP contribution in [0.25, 0.3) is 0 Å². The molecule has 0 spiro atoms. The fraction of sp³-hybridized carbons (Fsp3) is 0.414. The van der Waals surface area contributed by atoms with Crippen LogP contribution in [0.1, 0.15) is 40.2 Å². The highest BCUT2D eigenvalue weighted by atomic mass is 16.5. The first-order chi connectivity index (χ1) is 18.4. The van der Waals surface area contributed by atoms with Gasteiger partial charge in [0, 0.05) is 29.8 Å². The van der Waals surface area contributed by atoms with Gasteiger partial charge in [0.05, 0.1) is 32.1 Å². The van der Waals surface area contributed by atoms with E-state index in [2.05, 4.69) is 5.32 Å². The zero-order valence-corrected chi connectivity index (χ0v) is 21.2. The Morgan fingerprint density at radius 3 is 2.63 bits per heavy atom. The number of fused-ring (bicyclic) bond motifs is 3. The number of hydrogen-bond acceptors (Lipinski definition) is 7. The van der Waals surface area contributed by atoms with Crippen LogP contribution in [-0.2, 0) is 16.0 Å². The van der Waals surface area contributed by atoms with Gasteiger partial charge in [-0.3, -0.25) is 14.4 Å². The summed E-state index contributed by atoms with van der Waals surface area (Å²) in [5.74, 6) is -0.230. The Morgan fingerprint density at radius 1 is 1.21 bits per heavy atom. The van der Waals surface area contributed by atoms with Gasteiger partial charge in [0.1, 0.15) is 18.5 Å². The second kappa shape index (κ2) is 11.0. The first-order valence-corrected chi connectivity index (χ1v) is 12.9. The quantitative estimate of drug-likeness (QED) is 0.407. The lowest BCUT2D eigenvalue weighted by atomic mass is 9.77. The number of carbonyl (C=O) groups excluding carboxylic acids is 3. The van der Waals surface area contributed by atoms with Crippen LogP contribution in [0.15, 0.2) is 54.1 Å². The van der Waals surface area contributed by atoms with Crippen LogP contribution in [0.2, 0.25) is 0 Å². The second-order valence-electron chi connectivity index (χ2n) is 10.1. The Bertz CT molecular complexity index is 1240. The van der Waals surface area contributed by atoms with Gasteiger partial charge in [0.25, 0.3) is 0 Å². The summed E-state index contributed by atoms with van der Waals surface area (Å²) in [5, 5.41) is 23.6. The third kappa shape index (κ3) is 5.04. The van der Waals surface area contributed by atoms with Gasteiger partial charge in [0.15, 0.2) is 11.5 Å². The number of nitrogens with zero attached hydrogens (tertiary/aromatic N) is 1. The SMILES string of the molecule is COc1cc(C=O)cc2c1OC1C2C(C(=O)NCCO)=CC(N(CC2CC2)C(=O)Cc2ccccc2)C1O. The van der Waals surface area contributed by atoms with Crippen LogP contribution in [0, 0.1) is 5.92 Å². The number of aliphatic hydroxyl groups excluding tert-OH is 2. The molecule has 1 fully saturated rings. The highest BCUT2D eigenvalue weighted by Crippen LogP contribution is 2.51. The van der Waals surface area contributed by atoms with E-state index in [4.69, 9.17) is 9.47 Å². The largest absolute Gasteiger partial charge is 0.493 e. The molecule has 1 heterocycles. The van der Waals surface area contributed by atoms with Crippen molar-refractivity contribution in [2.45, 2.75) is 43.4 Å². The van der Waals surface area contributed by atoms with Crippen molar-refractivity contribution >= 4 is 18.1 Å². The molecule has 9 nitrogen and oxygen atoms in total. The smallest absolute Gasteiger partial charge is 0.247 e. The molecular weight excluding hydrogens is 488 g/mol. The van der Waals surface area contributed by atoms with Gasteiger partial charge >= 0.3 is 0 Å². The second-order valence-corrected chi connectivity index (χ2v) is 10.1. The summed E-state index contributed by atoms with van der Waals surface area (Å²) in [7, 11) is 1.46. The monoisotopic (exact) mass is 520 g/mol. The van der Waals surface area contributed by atoms with Gasteiger partial charge in [-0.1, -0.05) is 30.3 Å². The van der Waals surface area contributed by atoms with E-state index in [1.807, 2.05) is 30.3 Å². The molecule has 4 atom stereocenters. The number of aliphatic hydroxyl groups is 2. The molecule has 2 aromatic carbocycles. The lowest BCUT2D eigenvalue weighted by Gasteiger charge is -2.41. The third-order valence-corrected chi connectivity index (χ3v) is 7.44. The predicted molar refractivity (Wildman–Crippen MR) is 138 cm³/mol. The van der Waals surface area contributed by atoms with Gasteiger partial charge in [-0.05, 0) is 42.5 Å². The van der Waals surface area contributed by atoms with Crippen molar-refractivity contribution in [1.29, 1.82) is 0 Å². The Balaban J connectivity index is 1.55. The zero-order valence-electron chi connectivity index (χ0n) is 21.2. The molecule has 9 heteroatoms. The minimum absolute atomic E-state index is 0.0465. The van der Waals surface area contributed by atoms with E-state index in [9.17, 15) is 24.6 Å². The van der Waals surface area contributed by atoms with Crippen molar-refractivity contribution in [2.75, 3.05) is 26.8 Å². The number of benzene rings is 2. The summed E-state index contributed by atoms with van der Waals surface area (Å²) < 4.78 is 11.7. The van der Waals surface area contributed by atoms with E-state index in [1.165, 1.54) is 7.11 Å². The molecule has 0 saturated heterocycles. The van der Waals surface area contributed by atoms with Crippen molar-refractivity contribution in [3.63, 3.8) is 0 Å². The fourth-order valence-corrected chi connectivity index (χ4v) is 5.40. The average Bonchev–Trinajstić information content (AvgIpc) is 3.68. The molecule has 2 amide bonds. The number of amides is 2. The number of nitrogens with one attached hydrogen (secondary N) is 1. The third-order valence-electron chi connectivity index (χ3n) is 7.44. The van der Waals surface area contributed by atoms with Gasteiger partial charge < -0.3 is 29.9 Å². The molecule has 4 unspecified atom stereocenters. The fourth-order valence-electron chi connectivity index (χ4n) is 5.40. The topological polar surface area (TPSA) is 125 Å². The van der Waals surface area contributed by atoms with Crippen LogP contribution < -0.4 is 14.8 Å². The number of carbonyl (C=O) groups is 3. The lowest BCUT2D eigenvalue weighted by molar-refractivity contribution is -0.136. The Hall–Kier alpha value is -3.69. The van der Waals surface area contributed by atoms with Crippen LogP contribution >= 0.6 is 0 Å². The Morgan fingerprint density at radius 2 is 1.97 bits per heavy atom. The van der Waals surface area contributed by atoms with Crippen LogP contribution in [-0.4, -0.2) is 78.3 Å². The molecule has 5 rings (SSSR count). The molecule has 3 N–H and O–H groups in total. The van der Waals surface area contributed by atoms with E-state index in [0.29, 0.717) is 46.9 Å². The summed E-state index contributed by atoms with van der Waals surface area (Å²) in [5.41, 5.74) is 2.09. The van der Waals surface area contributed by atoms with E-state index in [1.54, 1.807) is 23.1 Å². The number of aldehydes is 1. The average molecular weight is 521 g/mol. The maximum absolute atomic E-state index is 13.6. The predicted octanol–water partition coefficient (Wildman–Crippen LogP) is 1.61. The summed E-state index contributed by atoms with van der Waals surface area (Å²) in [6.07, 6.45) is 2.51. The van der Waals surface area contributed by atoms with E-state index >= 15 is 0 Å². The van der Waals surface area contributed by atoms with Gasteiger partial charge in [-0.15, -0.1) is 0 Å². The maximum Gasteiger partial charge on any atom is 0.247 e. The summed E-state index contributed by atoms with van der Waals surface area (Å²) >= 11 is 0. The summed E-state index contributed by atoms with van der Waals surface area (Å²) in [6.45, 7) is 0.280. The van der Waals surface area contributed by atoms with Crippen molar-refractivity contribution in [3.8, 4) is 11.5 Å². The zero-order chi connectivity index (χ0) is 26.8. The molecule has 2 aromatic rings. The molecule has 0 aromatic heterocycles. The van der Waals surface area contributed by atoms with Gasteiger partial charge in [-0.2, -0.15) is 0 Å². The normalized spacial score (nSPS) is 23.4. The number of rotatable bonds is 10. The molecular formula is C29H32N2O7. The van der Waals surface area contributed by atoms with Gasteiger partial charge in [0.2, 0.25) is 11.8 Å². The molecule has 3 aliphatic rings. The molecule has 1 saturated carbocycles. The van der Waals surface area contributed by atoms with Crippen molar-refractivity contribution in [2.24, 2.45) is 5.92 Å². The van der Waals surface area contributed by atoms with Crippen molar-refractivity contribution in [1.82, 2.24) is 10.2 Å². The summed E-state index contributed by atoms with van der Waals surface area (Å²) in [6, 6.07) is 11.8. The molecule has 38 heavy (non-hydrogen) atoms. The number of methoxy groups -OCH3 is 1. The molecule has 2 aliphatic carbocycles. The Labute approximate surface area is 221 Å². The van der Waals surface area contributed by atoms with Crippen molar-refractivity contribution < 1.29 is 34.1 Å².